The molecule has 15 heavy (non-hydrogen) atoms. The zero-order valence-corrected chi connectivity index (χ0v) is 10.9. The minimum atomic E-state index is 0.338. The molecular weight excluding hydrogens is 204 g/mol. The van der Waals surface area contributed by atoms with Gasteiger partial charge in [0.1, 0.15) is 0 Å². The number of hydrogen-bond donors (Lipinski definition) is 1. The van der Waals surface area contributed by atoms with Crippen molar-refractivity contribution in [2.24, 2.45) is 11.7 Å². The van der Waals surface area contributed by atoms with Crippen LogP contribution in [0.25, 0.3) is 0 Å². The molecule has 2 rings (SSSR count). The zero-order chi connectivity index (χ0) is 10.9. The Bertz CT molecular complexity index is 214. The molecule has 2 aliphatic heterocycles. The molecule has 0 amide bonds. The molecule has 0 bridgehead atoms. The van der Waals surface area contributed by atoms with Gasteiger partial charge in [0.25, 0.3) is 0 Å². The number of hydrogen-bond acceptors (Lipinski definition) is 3. The van der Waals surface area contributed by atoms with Crippen LogP contribution in [-0.2, 0) is 0 Å². The molecule has 2 saturated heterocycles. The van der Waals surface area contributed by atoms with Crippen LogP contribution < -0.4 is 5.73 Å². The number of nitrogens with two attached hydrogens (primary N) is 1. The van der Waals surface area contributed by atoms with Gasteiger partial charge >= 0.3 is 0 Å². The number of thioether (sulfide) groups is 1. The highest BCUT2D eigenvalue weighted by Crippen LogP contribution is 2.39. The van der Waals surface area contributed by atoms with Crippen molar-refractivity contribution < 1.29 is 0 Å². The average molecular weight is 228 g/mol. The van der Waals surface area contributed by atoms with E-state index in [4.69, 9.17) is 5.73 Å². The SMILES string of the molecule is CC1CCN(C2(CN)CSC(C)C2)CC1. The lowest BCUT2D eigenvalue weighted by Crippen LogP contribution is -2.56. The lowest BCUT2D eigenvalue weighted by atomic mass is 9.89. The van der Waals surface area contributed by atoms with E-state index >= 15 is 0 Å². The largest absolute Gasteiger partial charge is 0.329 e. The van der Waals surface area contributed by atoms with Crippen LogP contribution in [0.1, 0.15) is 33.1 Å². The maximum absolute atomic E-state index is 6.04. The fourth-order valence-corrected chi connectivity index (χ4v) is 4.37. The highest BCUT2D eigenvalue weighted by molar-refractivity contribution is 8.00. The van der Waals surface area contributed by atoms with E-state index in [1.54, 1.807) is 0 Å². The Labute approximate surface area is 98.0 Å². The first-order valence-electron chi connectivity index (χ1n) is 6.23. The van der Waals surface area contributed by atoms with Gasteiger partial charge in [-0.25, -0.2) is 0 Å². The predicted octanol–water partition coefficient (Wildman–Crippen LogP) is 1.94. The Hall–Kier alpha value is 0.270. The molecule has 2 unspecified atom stereocenters. The van der Waals surface area contributed by atoms with E-state index in [0.29, 0.717) is 5.54 Å². The first kappa shape index (κ1) is 11.7. The Balaban J connectivity index is 2.00. The Kier molecular flexibility index (Phi) is 3.63. The van der Waals surface area contributed by atoms with E-state index < -0.39 is 0 Å². The van der Waals surface area contributed by atoms with Gasteiger partial charge in [-0.3, -0.25) is 4.90 Å². The summed E-state index contributed by atoms with van der Waals surface area (Å²) in [5, 5.41) is 0.799. The predicted molar refractivity (Wildman–Crippen MR) is 68.3 cm³/mol. The molecule has 3 heteroatoms. The van der Waals surface area contributed by atoms with Crippen molar-refractivity contribution in [1.29, 1.82) is 0 Å². The number of rotatable bonds is 2. The van der Waals surface area contributed by atoms with Crippen LogP contribution in [0.15, 0.2) is 0 Å². The van der Waals surface area contributed by atoms with Crippen molar-refractivity contribution in [3.05, 3.63) is 0 Å². The molecule has 2 fully saturated rings. The Morgan fingerprint density at radius 1 is 1.33 bits per heavy atom. The van der Waals surface area contributed by atoms with E-state index in [9.17, 15) is 0 Å². The van der Waals surface area contributed by atoms with Gasteiger partial charge in [-0.1, -0.05) is 13.8 Å². The third-order valence-corrected chi connectivity index (χ3v) is 5.58. The smallest absolute Gasteiger partial charge is 0.0432 e. The maximum atomic E-state index is 6.04. The summed E-state index contributed by atoms with van der Waals surface area (Å²) < 4.78 is 0. The van der Waals surface area contributed by atoms with Gasteiger partial charge in [0, 0.05) is 23.1 Å². The molecule has 88 valence electrons. The molecule has 2 heterocycles. The molecule has 2 nitrogen and oxygen atoms in total. The van der Waals surface area contributed by atoms with Gasteiger partial charge in [0.05, 0.1) is 0 Å². The number of nitrogens with zero attached hydrogens (tertiary/aromatic N) is 1. The standard InChI is InChI=1S/C12H24N2S/c1-10-3-5-14(6-4-10)12(8-13)7-11(2)15-9-12/h10-11H,3-9,13H2,1-2H3. The summed E-state index contributed by atoms with van der Waals surface area (Å²) in [7, 11) is 0. The Morgan fingerprint density at radius 2 is 2.00 bits per heavy atom. The van der Waals surface area contributed by atoms with Crippen molar-refractivity contribution in [3.63, 3.8) is 0 Å². The summed E-state index contributed by atoms with van der Waals surface area (Å²) in [6, 6.07) is 0. The van der Waals surface area contributed by atoms with E-state index in [0.717, 1.165) is 17.7 Å². The number of piperidine rings is 1. The summed E-state index contributed by atoms with van der Waals surface area (Å²) in [5.41, 5.74) is 6.38. The van der Waals surface area contributed by atoms with Gasteiger partial charge < -0.3 is 5.73 Å². The van der Waals surface area contributed by atoms with Crippen molar-refractivity contribution >= 4 is 11.8 Å². The van der Waals surface area contributed by atoms with E-state index in [2.05, 4.69) is 30.5 Å². The summed E-state index contributed by atoms with van der Waals surface area (Å²) in [5.74, 6) is 2.17. The third kappa shape index (κ3) is 2.34. The van der Waals surface area contributed by atoms with Crippen molar-refractivity contribution in [1.82, 2.24) is 4.90 Å². The van der Waals surface area contributed by atoms with Crippen molar-refractivity contribution in [2.75, 3.05) is 25.4 Å². The second-order valence-electron chi connectivity index (χ2n) is 5.42. The first-order valence-corrected chi connectivity index (χ1v) is 7.28. The molecular formula is C12H24N2S. The van der Waals surface area contributed by atoms with E-state index in [1.165, 1.54) is 38.1 Å². The van der Waals surface area contributed by atoms with Crippen LogP contribution in [-0.4, -0.2) is 41.1 Å². The van der Waals surface area contributed by atoms with E-state index in [1.807, 2.05) is 0 Å². The van der Waals surface area contributed by atoms with Crippen LogP contribution in [0.4, 0.5) is 0 Å². The first-order chi connectivity index (χ1) is 7.16. The normalized spacial score (nSPS) is 39.8. The molecule has 0 spiro atoms. The minimum Gasteiger partial charge on any atom is -0.329 e. The topological polar surface area (TPSA) is 29.3 Å². The highest BCUT2D eigenvalue weighted by atomic mass is 32.2. The fourth-order valence-electron chi connectivity index (χ4n) is 2.92. The minimum absolute atomic E-state index is 0.338. The highest BCUT2D eigenvalue weighted by Gasteiger charge is 2.42. The average Bonchev–Trinajstić information content (AvgIpc) is 2.62. The third-order valence-electron chi connectivity index (χ3n) is 4.14. The molecule has 0 aromatic heterocycles. The quantitative estimate of drug-likeness (QED) is 0.783. The zero-order valence-electron chi connectivity index (χ0n) is 10.0. The van der Waals surface area contributed by atoms with Gasteiger partial charge in [-0.2, -0.15) is 11.8 Å². The van der Waals surface area contributed by atoms with Gasteiger partial charge in [0.2, 0.25) is 0 Å². The summed E-state index contributed by atoms with van der Waals surface area (Å²) >= 11 is 2.10. The molecule has 2 atom stereocenters. The van der Waals surface area contributed by atoms with Crippen LogP contribution in [0, 0.1) is 5.92 Å². The van der Waals surface area contributed by atoms with Crippen LogP contribution >= 0.6 is 11.8 Å². The summed E-state index contributed by atoms with van der Waals surface area (Å²) in [6.07, 6.45) is 4.02. The lowest BCUT2D eigenvalue weighted by Gasteiger charge is -2.44. The lowest BCUT2D eigenvalue weighted by molar-refractivity contribution is 0.0731. The molecule has 0 aliphatic carbocycles. The molecule has 0 aromatic rings. The monoisotopic (exact) mass is 228 g/mol. The fraction of sp³-hybridized carbons (Fsp3) is 1.00. The maximum Gasteiger partial charge on any atom is 0.0432 e. The van der Waals surface area contributed by atoms with Gasteiger partial charge in [0.15, 0.2) is 0 Å². The molecule has 2 aliphatic rings. The second kappa shape index (κ2) is 4.64. The number of likely N-dealkylation sites (tertiary alicyclic amines) is 1. The van der Waals surface area contributed by atoms with Crippen LogP contribution in [0.2, 0.25) is 0 Å². The molecule has 0 saturated carbocycles. The van der Waals surface area contributed by atoms with E-state index in [-0.39, 0.29) is 0 Å². The van der Waals surface area contributed by atoms with Gasteiger partial charge in [-0.15, -0.1) is 0 Å². The Morgan fingerprint density at radius 3 is 2.47 bits per heavy atom. The van der Waals surface area contributed by atoms with Crippen LogP contribution in [0.3, 0.4) is 0 Å². The molecule has 2 N–H and O–H groups in total. The van der Waals surface area contributed by atoms with Crippen LogP contribution in [0.5, 0.6) is 0 Å². The molecule has 0 radical (unpaired) electrons. The summed E-state index contributed by atoms with van der Waals surface area (Å²) in [6.45, 7) is 8.10. The van der Waals surface area contributed by atoms with Crippen molar-refractivity contribution in [2.45, 2.75) is 43.9 Å². The summed E-state index contributed by atoms with van der Waals surface area (Å²) in [4.78, 5) is 2.68. The second-order valence-corrected chi connectivity index (χ2v) is 6.85. The van der Waals surface area contributed by atoms with Crippen molar-refractivity contribution in [3.8, 4) is 0 Å². The molecule has 0 aromatic carbocycles. The van der Waals surface area contributed by atoms with Gasteiger partial charge in [-0.05, 0) is 38.3 Å².